The summed E-state index contributed by atoms with van der Waals surface area (Å²) in [5.74, 6) is -24.3. The fourth-order valence-corrected chi connectivity index (χ4v) is 26.1. The van der Waals surface area contributed by atoms with Gasteiger partial charge in [0.05, 0.1) is 145 Å². The van der Waals surface area contributed by atoms with Gasteiger partial charge in [-0.2, -0.15) is 0 Å². The molecule has 144 heavy (non-hydrogen) atoms. The number of aryl methyl sites for hydroxylation is 4. The number of esters is 24. The van der Waals surface area contributed by atoms with Gasteiger partial charge in [0.25, 0.3) is 0 Å². The zero-order valence-electron chi connectivity index (χ0n) is 77.5. The van der Waals surface area contributed by atoms with Crippen molar-refractivity contribution in [1.29, 1.82) is 0 Å². The third kappa shape index (κ3) is 16.0. The highest BCUT2D eigenvalue weighted by Gasteiger charge is 2.65. The summed E-state index contributed by atoms with van der Waals surface area (Å²) in [6.07, 6.45) is 5.80. The summed E-state index contributed by atoms with van der Waals surface area (Å²) in [4.78, 5) is 286. The molecule has 7 aromatic rings. The van der Waals surface area contributed by atoms with Crippen molar-refractivity contribution in [3.05, 3.63) is 222 Å². The molecule has 0 spiro atoms. The summed E-state index contributed by atoms with van der Waals surface area (Å²) < 4.78 is 57.2. The number of hydrogen-bond acceptors (Lipinski definition) is 36. The number of rotatable bonds is 7. The van der Waals surface area contributed by atoms with Crippen molar-refractivity contribution >= 4 is 154 Å². The van der Waals surface area contributed by atoms with E-state index in [1.807, 2.05) is 149 Å². The van der Waals surface area contributed by atoms with Crippen LogP contribution in [0.25, 0.3) is 10.8 Å². The first kappa shape index (κ1) is 94.7. The van der Waals surface area contributed by atoms with Crippen LogP contribution >= 0.6 is 0 Å². The van der Waals surface area contributed by atoms with E-state index in [-0.39, 0.29) is 62.7 Å². The van der Waals surface area contributed by atoms with Gasteiger partial charge >= 0.3 is 143 Å². The van der Waals surface area contributed by atoms with Crippen molar-refractivity contribution in [3.8, 4) is 0 Å². The Morgan fingerprint density at radius 1 is 0.278 bits per heavy atom. The predicted molar refractivity (Wildman–Crippen MR) is 475 cm³/mol. The lowest BCUT2D eigenvalue weighted by Gasteiger charge is -2.48. The summed E-state index contributed by atoms with van der Waals surface area (Å²) in [7, 11) is 0. The highest BCUT2D eigenvalue weighted by Crippen LogP contribution is 2.62. The summed E-state index contributed by atoms with van der Waals surface area (Å²) >= 11 is 0. The van der Waals surface area contributed by atoms with Crippen LogP contribution < -0.4 is 0 Å². The van der Waals surface area contributed by atoms with Crippen molar-refractivity contribution in [2.45, 2.75) is 201 Å². The first-order valence-electron chi connectivity index (χ1n) is 47.9. The number of cyclic esters (lactones) is 24. The van der Waals surface area contributed by atoms with Gasteiger partial charge in [-0.25, -0.2) is 0 Å². The van der Waals surface area contributed by atoms with Crippen LogP contribution in [0.3, 0.4) is 0 Å². The zero-order valence-corrected chi connectivity index (χ0v) is 77.5. The molecule has 12 aliphatic heterocycles. The molecule has 0 aromatic heterocycles. The van der Waals surface area contributed by atoms with Crippen molar-refractivity contribution in [2.24, 2.45) is 71.0 Å². The average Bonchev–Trinajstić information content (AvgIpc) is 1.41. The maximum absolute atomic E-state index is 12.4. The largest absolute Gasteiger partial charge is 0.393 e. The van der Waals surface area contributed by atoms with Crippen LogP contribution in [0.15, 0.2) is 127 Å². The quantitative estimate of drug-likeness (QED) is 0.0816. The molecule has 0 amide bonds. The lowest BCUT2D eigenvalue weighted by atomic mass is 9.53. The SMILES string of the molecule is CCc1ccc2c(c1)C1C(=O)OC(=O)C1CC2C1CC(=O)OC1=O.Cc1ccc2c(c1)C1C(=O)OC(=O)C1CC2(C)C1CC(=O)OC1=O.Cc1ccc2c(c1)C1C(=O)OC(=O)C1CC2C1CC(=O)OC1=O.O=C1CC(C23CCCc4cccc(c42)C2C(=O)OC(=O)C2C3)C(=O)O1.O=C1CC(C2CC3C(=O)OC(=O)C3c3cc4ccccc4cc32)C(=O)O1.O=C1CC(c2ccc3c(c2)CC2C(=O)OC(=O)C2C3)C(=O)O1. The standard InChI is InChI=1S/C20H14O6.C19H16O6.2C18H16O6.C17H14O6.C16H12O6/c21-16-8-14(18(22)25-16)12-7-15-17(20(24)26-19(15)23)13-6-10-4-2-1-3-9(10)5-11(12)13;20-13-7-12(17(22)24-13)19-6-2-4-9-3-1-5-10(15(9)19)14-11(8-19)16(21)25-18(14)23;1-8-3-4-11-9(5-8)14-10(15(20)24-17(14)22)7-18(11,2)12-6-13(19)23-16(12)21;1-2-8-3-4-9-10(12-7-14(19)23-16(12)20)6-13-15(11(9)5-8)18(22)24-17(13)21;1-7-2-3-8-9(11-6-13(18)22-15(11)19)5-12-14(10(8)4-7)17(21)23-16(12)20;17-13-6-10(14(18)21-13)8-2-1-7-4-11-12(5-9(7)3-8)16(20)22-15(11)19/h1-6,12,14-15,17H,7-8H2;1,3,5,11-12,14H,2,4,6-8H2;3-5,10,12,14H,6-7H2,1-2H3;3-5,10,12-13,15H,2,6-7H2,1H3;2-4,9,11-12,14H,5-6H2,1H3;1-3,10-12H,4-6H2. The number of ether oxygens (including phenoxy) is 12. The van der Waals surface area contributed by atoms with Gasteiger partial charge in [0.15, 0.2) is 0 Å². The van der Waals surface area contributed by atoms with E-state index in [0.29, 0.717) is 56.1 Å². The Balaban J connectivity index is 0.000000102. The topological polar surface area (TPSA) is 520 Å². The lowest BCUT2D eigenvalue weighted by molar-refractivity contribution is -0.156. The van der Waals surface area contributed by atoms with Gasteiger partial charge < -0.3 is 56.8 Å². The second kappa shape index (κ2) is 35.9. The van der Waals surface area contributed by atoms with Gasteiger partial charge in [-0.3, -0.25) is 115 Å². The molecule has 19 aliphatic rings. The Hall–Kier alpha value is -15.5. The fourth-order valence-electron chi connectivity index (χ4n) is 26.1. The van der Waals surface area contributed by atoms with Crippen LogP contribution in [0.1, 0.15) is 245 Å². The summed E-state index contributed by atoms with van der Waals surface area (Å²) in [6.45, 7) is 7.66. The minimum atomic E-state index is -0.753. The minimum Gasteiger partial charge on any atom is -0.393 e. The van der Waals surface area contributed by atoms with Gasteiger partial charge in [0.2, 0.25) is 0 Å². The molecule has 23 unspecified atom stereocenters. The molecule has 0 radical (unpaired) electrons. The molecule has 0 saturated carbocycles. The zero-order chi connectivity index (χ0) is 101. The number of fused-ring (bicyclic) bond motifs is 17. The molecule has 7 aliphatic carbocycles. The van der Waals surface area contributed by atoms with Crippen molar-refractivity contribution < 1.29 is 172 Å². The van der Waals surface area contributed by atoms with Crippen molar-refractivity contribution in [1.82, 2.24) is 0 Å². The fraction of sp³-hybridized carbons (Fsp3) is 0.407. The first-order chi connectivity index (χ1) is 68.8. The average molecular weight is 1960 g/mol. The second-order valence-corrected chi connectivity index (χ2v) is 40.6. The van der Waals surface area contributed by atoms with Gasteiger partial charge in [-0.15, -0.1) is 0 Å². The Bertz CT molecular complexity index is 7080. The molecule has 26 rings (SSSR count). The van der Waals surface area contributed by atoms with E-state index in [4.69, 9.17) is 42.6 Å². The Morgan fingerprint density at radius 2 is 0.674 bits per heavy atom. The van der Waals surface area contributed by atoms with E-state index < -0.39 is 261 Å². The maximum Gasteiger partial charge on any atom is 0.321 e. The molecular formula is C108H88O36. The molecule has 736 valence electrons. The molecule has 12 saturated heterocycles. The van der Waals surface area contributed by atoms with Gasteiger partial charge in [-0.1, -0.05) is 146 Å². The van der Waals surface area contributed by atoms with E-state index in [1.165, 1.54) is 0 Å². The number of benzene rings is 7. The maximum atomic E-state index is 12.4. The summed E-state index contributed by atoms with van der Waals surface area (Å²) in [5.41, 5.74) is 13.3. The van der Waals surface area contributed by atoms with Gasteiger partial charge in [-0.05, 0) is 203 Å². The summed E-state index contributed by atoms with van der Waals surface area (Å²) in [6, 6.07) is 39.9. The summed E-state index contributed by atoms with van der Waals surface area (Å²) in [5, 5.41) is 1.92. The molecule has 7 aromatic carbocycles. The Kier molecular flexibility index (Phi) is 23.6. The first-order valence-corrected chi connectivity index (χ1v) is 47.9. The molecule has 23 atom stereocenters. The van der Waals surface area contributed by atoms with Crippen LogP contribution in [0, 0.1) is 84.9 Å². The lowest BCUT2D eigenvalue weighted by Crippen LogP contribution is -2.47. The van der Waals surface area contributed by atoms with Crippen LogP contribution in [-0.4, -0.2) is 143 Å². The van der Waals surface area contributed by atoms with E-state index in [1.54, 1.807) is 6.07 Å². The molecule has 36 heteroatoms. The third-order valence-corrected chi connectivity index (χ3v) is 32.8. The monoisotopic (exact) mass is 1960 g/mol. The van der Waals surface area contributed by atoms with Crippen LogP contribution in [0.4, 0.5) is 0 Å². The van der Waals surface area contributed by atoms with Crippen LogP contribution in [0.2, 0.25) is 0 Å². The van der Waals surface area contributed by atoms with Gasteiger partial charge in [0, 0.05) is 10.8 Å². The molecule has 0 N–H and O–H groups in total. The number of carbonyl (C=O) groups is 24. The Morgan fingerprint density at radius 3 is 1.17 bits per heavy atom. The van der Waals surface area contributed by atoms with E-state index in [0.717, 1.165) is 113 Å². The molecule has 12 fully saturated rings. The molecule has 0 bridgehead atoms. The van der Waals surface area contributed by atoms with Crippen LogP contribution in [-0.2, 0) is 208 Å². The van der Waals surface area contributed by atoms with Crippen LogP contribution in [0.5, 0.6) is 0 Å². The van der Waals surface area contributed by atoms with E-state index >= 15 is 0 Å². The molecule has 36 nitrogen and oxygen atoms in total. The normalized spacial score (nSPS) is 32.5. The molecule has 12 heterocycles. The molecular weight excluding hydrogens is 1870 g/mol. The number of carbonyl (C=O) groups excluding carboxylic acids is 24. The Labute approximate surface area is 815 Å². The van der Waals surface area contributed by atoms with Crippen molar-refractivity contribution in [2.75, 3.05) is 0 Å². The highest BCUT2D eigenvalue weighted by atomic mass is 16.6. The predicted octanol–water partition coefficient (Wildman–Crippen LogP) is 8.89. The number of hydrogen-bond donors (Lipinski definition) is 0. The van der Waals surface area contributed by atoms with Gasteiger partial charge in [0.1, 0.15) is 0 Å². The highest BCUT2D eigenvalue weighted by molar-refractivity contribution is 6.08. The van der Waals surface area contributed by atoms with Crippen molar-refractivity contribution in [3.63, 3.8) is 0 Å². The van der Waals surface area contributed by atoms with E-state index in [2.05, 4.69) is 14.2 Å². The third-order valence-electron chi connectivity index (χ3n) is 32.8. The van der Waals surface area contributed by atoms with E-state index in [9.17, 15) is 115 Å². The second-order valence-electron chi connectivity index (χ2n) is 40.6. The smallest absolute Gasteiger partial charge is 0.321 e. The minimum absolute atomic E-state index is 0.00382.